The number of alkyl halides is 13. The number of fused-ring (bicyclic) bond motifs is 1. The Morgan fingerprint density at radius 3 is 1.81 bits per heavy atom. The van der Waals surface area contributed by atoms with Gasteiger partial charge in [-0.15, -0.1) is 0 Å². The van der Waals surface area contributed by atoms with Gasteiger partial charge in [-0.1, -0.05) is 6.42 Å². The molecule has 5 nitrogen and oxygen atoms in total. The fourth-order valence-electron chi connectivity index (χ4n) is 5.68. The molecule has 52 heavy (non-hydrogen) atoms. The van der Waals surface area contributed by atoms with E-state index in [1.807, 2.05) is 49.4 Å². The van der Waals surface area contributed by atoms with Crippen LogP contribution in [0, 0.1) is 6.92 Å². The quantitative estimate of drug-likeness (QED) is 0.0956. The second kappa shape index (κ2) is 15.6. The van der Waals surface area contributed by atoms with E-state index in [1.165, 1.54) is 7.05 Å². The van der Waals surface area contributed by atoms with E-state index >= 15 is 0 Å². The Morgan fingerprint density at radius 2 is 1.25 bits per heavy atom. The van der Waals surface area contributed by atoms with Crippen molar-refractivity contribution in [3.8, 4) is 22.8 Å². The molecule has 0 bridgehead atoms. The van der Waals surface area contributed by atoms with Crippen LogP contribution in [0.3, 0.4) is 0 Å². The van der Waals surface area contributed by atoms with Crippen LogP contribution in [-0.4, -0.2) is 79.0 Å². The molecule has 292 valence electrons. The maximum absolute atomic E-state index is 14.0. The van der Waals surface area contributed by atoms with E-state index in [1.54, 1.807) is 14.2 Å². The lowest BCUT2D eigenvalue weighted by Gasteiger charge is -2.39. The molecule has 0 aliphatic heterocycles. The molecule has 0 unspecified atom stereocenters. The van der Waals surface area contributed by atoms with Gasteiger partial charge in [-0.2, -0.15) is 57.1 Å². The fraction of sp³-hybridized carbons (Fsp3) is 0.559. The highest BCUT2D eigenvalue weighted by Crippen LogP contribution is 2.60. The van der Waals surface area contributed by atoms with Crippen molar-refractivity contribution < 1.29 is 71.3 Å². The number of methoxy groups -OCH3 is 2. The molecule has 0 aliphatic rings. The van der Waals surface area contributed by atoms with E-state index in [0.29, 0.717) is 37.3 Å². The smallest absolute Gasteiger partial charge is 0.460 e. The Hall–Kier alpha value is -3.86. The first-order valence-electron chi connectivity index (χ1n) is 15.9. The summed E-state index contributed by atoms with van der Waals surface area (Å²) in [5.74, 6) is -36.0. The minimum Gasteiger partial charge on any atom is -0.497 e. The lowest BCUT2D eigenvalue weighted by Crippen LogP contribution is -2.70. The highest BCUT2D eigenvalue weighted by atomic mass is 19.4. The number of ether oxygens (including phenoxy) is 2. The molecule has 3 aromatic rings. The SMILES string of the molecule is COc1ccc(-c2c(C)c3cc(OC)ccc3n2CCCCCC(=O)N(C)CCCCC(F)(F)C(F)(F)C(F)(F)C(F)(F)C(F)(F)C(F)(F)F)cc1. The highest BCUT2D eigenvalue weighted by molar-refractivity contribution is 5.92. The fourth-order valence-corrected chi connectivity index (χ4v) is 5.68. The van der Waals surface area contributed by atoms with E-state index in [0.717, 1.165) is 32.6 Å². The third-order valence-electron chi connectivity index (χ3n) is 8.82. The van der Waals surface area contributed by atoms with Crippen molar-refractivity contribution in [2.75, 3.05) is 27.8 Å². The van der Waals surface area contributed by atoms with Crippen LogP contribution in [0.15, 0.2) is 42.5 Å². The van der Waals surface area contributed by atoms with E-state index in [4.69, 9.17) is 9.47 Å². The largest absolute Gasteiger partial charge is 0.497 e. The first kappa shape index (κ1) is 42.6. The zero-order chi connectivity index (χ0) is 39.5. The third-order valence-corrected chi connectivity index (χ3v) is 8.82. The summed E-state index contributed by atoms with van der Waals surface area (Å²) in [5, 5.41) is 0.984. The normalized spacial score (nSPS) is 13.5. The van der Waals surface area contributed by atoms with Crippen molar-refractivity contribution in [2.45, 2.75) is 94.2 Å². The molecule has 0 spiro atoms. The summed E-state index contributed by atoms with van der Waals surface area (Å²) in [6.45, 7) is 2.20. The van der Waals surface area contributed by atoms with Crippen LogP contribution >= 0.6 is 0 Å². The number of aromatic nitrogens is 1. The summed E-state index contributed by atoms with van der Waals surface area (Å²) in [4.78, 5) is 13.6. The van der Waals surface area contributed by atoms with Crippen molar-refractivity contribution in [1.29, 1.82) is 0 Å². The van der Waals surface area contributed by atoms with Crippen LogP contribution in [0.5, 0.6) is 11.5 Å². The molecular formula is C34H37F13N2O3. The Labute approximate surface area is 290 Å². The summed E-state index contributed by atoms with van der Waals surface area (Å²) in [6.07, 6.45) is -9.75. The highest BCUT2D eigenvalue weighted by Gasteiger charge is 2.90. The third kappa shape index (κ3) is 8.04. The molecule has 2 aromatic carbocycles. The molecule has 1 aromatic heterocycles. The number of rotatable bonds is 18. The van der Waals surface area contributed by atoms with E-state index in [-0.39, 0.29) is 13.0 Å². The number of hydrogen-bond acceptors (Lipinski definition) is 3. The second-order valence-corrected chi connectivity index (χ2v) is 12.3. The lowest BCUT2D eigenvalue weighted by atomic mass is 9.91. The van der Waals surface area contributed by atoms with Crippen LogP contribution in [-0.2, 0) is 11.3 Å². The van der Waals surface area contributed by atoms with E-state index in [2.05, 4.69) is 4.57 Å². The molecule has 0 radical (unpaired) electrons. The molecule has 1 amide bonds. The molecule has 0 saturated carbocycles. The zero-order valence-corrected chi connectivity index (χ0v) is 28.4. The van der Waals surface area contributed by atoms with Gasteiger partial charge in [0.15, 0.2) is 0 Å². The molecular weight excluding hydrogens is 731 g/mol. The molecule has 0 saturated heterocycles. The van der Waals surface area contributed by atoms with Gasteiger partial charge in [0.1, 0.15) is 11.5 Å². The van der Waals surface area contributed by atoms with Crippen LogP contribution in [0.4, 0.5) is 57.1 Å². The summed E-state index contributed by atoms with van der Waals surface area (Å²) in [7, 11) is 4.37. The number of carbonyl (C=O) groups excluding carboxylic acids is 1. The van der Waals surface area contributed by atoms with Crippen molar-refractivity contribution in [2.24, 2.45) is 0 Å². The number of aryl methyl sites for hydroxylation is 2. The predicted molar refractivity (Wildman–Crippen MR) is 166 cm³/mol. The molecule has 0 atom stereocenters. The summed E-state index contributed by atoms with van der Waals surface area (Å²) >= 11 is 0. The monoisotopic (exact) mass is 768 g/mol. The average Bonchev–Trinajstić information content (AvgIpc) is 3.35. The standard InChI is InChI=1S/C34H37F13N2O3/c1-21-25-20-24(52-4)15-16-26(25)49(28(21)22-11-13-23(51-3)14-12-22)19-8-5-6-10-27(50)48(2)18-9-7-17-29(35,36)30(37,38)31(39,40)32(41,42)33(43,44)34(45,46)47/h11-16,20H,5-10,17-19H2,1-4H3. The van der Waals surface area contributed by atoms with Gasteiger partial charge in [0.25, 0.3) is 0 Å². The summed E-state index contributed by atoms with van der Waals surface area (Å²) in [6, 6.07) is 13.3. The Balaban J connectivity index is 1.55. The van der Waals surface area contributed by atoms with Gasteiger partial charge in [-0.3, -0.25) is 4.79 Å². The predicted octanol–water partition coefficient (Wildman–Crippen LogP) is 10.6. The van der Waals surface area contributed by atoms with Gasteiger partial charge in [0.2, 0.25) is 5.91 Å². The number of amides is 1. The molecule has 0 aliphatic carbocycles. The van der Waals surface area contributed by atoms with Crippen LogP contribution < -0.4 is 9.47 Å². The van der Waals surface area contributed by atoms with Gasteiger partial charge in [-0.05, 0) is 86.2 Å². The Morgan fingerprint density at radius 1 is 0.692 bits per heavy atom. The minimum atomic E-state index is -7.92. The van der Waals surface area contributed by atoms with Gasteiger partial charge < -0.3 is 18.9 Å². The maximum atomic E-state index is 14.0. The second-order valence-electron chi connectivity index (χ2n) is 12.3. The number of hydrogen-bond donors (Lipinski definition) is 0. The van der Waals surface area contributed by atoms with Crippen LogP contribution in [0.2, 0.25) is 0 Å². The first-order valence-corrected chi connectivity index (χ1v) is 15.9. The number of nitrogens with zero attached hydrogens (tertiary/aromatic N) is 2. The van der Waals surface area contributed by atoms with Gasteiger partial charge in [0.05, 0.1) is 19.9 Å². The minimum absolute atomic E-state index is 0.00651. The summed E-state index contributed by atoms with van der Waals surface area (Å²) < 4.78 is 186. The van der Waals surface area contributed by atoms with Crippen LogP contribution in [0.25, 0.3) is 22.2 Å². The topological polar surface area (TPSA) is 43.7 Å². The molecule has 18 heteroatoms. The average molecular weight is 769 g/mol. The first-order chi connectivity index (χ1) is 23.9. The molecule has 0 N–H and O–H groups in total. The Bertz CT molecular complexity index is 1670. The van der Waals surface area contributed by atoms with Crippen molar-refractivity contribution in [3.63, 3.8) is 0 Å². The lowest BCUT2D eigenvalue weighted by molar-refractivity contribution is -0.440. The van der Waals surface area contributed by atoms with E-state index < -0.39 is 61.0 Å². The number of halogens is 13. The van der Waals surface area contributed by atoms with Crippen molar-refractivity contribution in [1.82, 2.24) is 9.47 Å². The van der Waals surface area contributed by atoms with E-state index in [9.17, 15) is 61.9 Å². The van der Waals surface area contributed by atoms with Crippen molar-refractivity contribution in [3.05, 3.63) is 48.0 Å². The number of benzene rings is 2. The van der Waals surface area contributed by atoms with Crippen molar-refractivity contribution >= 4 is 16.8 Å². The van der Waals surface area contributed by atoms with Gasteiger partial charge in [0, 0.05) is 43.9 Å². The molecule has 3 rings (SSSR count). The Kier molecular flexibility index (Phi) is 12.8. The van der Waals surface area contributed by atoms with Gasteiger partial charge in [-0.25, -0.2) is 0 Å². The van der Waals surface area contributed by atoms with Gasteiger partial charge >= 0.3 is 35.8 Å². The zero-order valence-electron chi connectivity index (χ0n) is 28.4. The molecule has 1 heterocycles. The molecule has 0 fully saturated rings. The van der Waals surface area contributed by atoms with Crippen LogP contribution in [0.1, 0.15) is 50.5 Å². The summed E-state index contributed by atoms with van der Waals surface area (Å²) in [5.41, 5.74) is 3.90. The number of unbranched alkanes of at least 4 members (excludes halogenated alkanes) is 3. The number of carbonyl (C=O) groups is 1. The maximum Gasteiger partial charge on any atom is 0.460 e.